The van der Waals surface area contributed by atoms with Crippen LogP contribution in [0.15, 0.2) is 24.3 Å². The average molecular weight is 622 g/mol. The number of allylic oxidation sites excluding steroid dienone is 3. The van der Waals surface area contributed by atoms with Crippen LogP contribution in [0.3, 0.4) is 0 Å². The predicted octanol–water partition coefficient (Wildman–Crippen LogP) is 10.3. The zero-order valence-electron chi connectivity index (χ0n) is 29.3. The van der Waals surface area contributed by atoms with Crippen molar-refractivity contribution in [2.45, 2.75) is 212 Å². The van der Waals surface area contributed by atoms with Crippen molar-refractivity contribution < 1.29 is 20.1 Å². The van der Waals surface area contributed by atoms with Crippen molar-refractivity contribution in [2.75, 3.05) is 6.61 Å². The Balaban J connectivity index is 3.71. The SMILES string of the molecule is CCCCC/C=C\CCCCCCC(O)C(=O)NC(CO)C(O)/C=C/CCCCCCCCCCCCCCCCCCC. The van der Waals surface area contributed by atoms with E-state index in [1.165, 1.54) is 128 Å². The van der Waals surface area contributed by atoms with Crippen LogP contribution in [-0.2, 0) is 4.79 Å². The second-order valence-corrected chi connectivity index (χ2v) is 13.1. The molecule has 3 atom stereocenters. The van der Waals surface area contributed by atoms with Gasteiger partial charge < -0.3 is 20.6 Å². The van der Waals surface area contributed by atoms with Crippen LogP contribution in [0.25, 0.3) is 0 Å². The summed E-state index contributed by atoms with van der Waals surface area (Å²) in [6.45, 7) is 4.14. The molecule has 0 heterocycles. The summed E-state index contributed by atoms with van der Waals surface area (Å²) in [7, 11) is 0. The third kappa shape index (κ3) is 29.5. The normalized spacial score (nSPS) is 14.0. The van der Waals surface area contributed by atoms with Crippen LogP contribution < -0.4 is 5.32 Å². The first kappa shape index (κ1) is 42.8. The Labute approximate surface area is 273 Å². The molecule has 0 spiro atoms. The van der Waals surface area contributed by atoms with Crippen molar-refractivity contribution >= 4 is 5.91 Å². The Morgan fingerprint density at radius 3 is 1.36 bits per heavy atom. The molecule has 44 heavy (non-hydrogen) atoms. The van der Waals surface area contributed by atoms with Crippen LogP contribution >= 0.6 is 0 Å². The lowest BCUT2D eigenvalue weighted by Gasteiger charge is -2.21. The van der Waals surface area contributed by atoms with E-state index in [0.717, 1.165) is 44.9 Å². The highest BCUT2D eigenvalue weighted by Gasteiger charge is 2.22. The van der Waals surface area contributed by atoms with Crippen molar-refractivity contribution in [2.24, 2.45) is 0 Å². The maximum Gasteiger partial charge on any atom is 0.249 e. The molecule has 0 bridgehead atoms. The van der Waals surface area contributed by atoms with E-state index in [9.17, 15) is 20.1 Å². The lowest BCUT2D eigenvalue weighted by Crippen LogP contribution is -2.48. The van der Waals surface area contributed by atoms with Gasteiger partial charge in [0.15, 0.2) is 0 Å². The fraction of sp³-hybridized carbons (Fsp3) is 0.872. The highest BCUT2D eigenvalue weighted by atomic mass is 16.3. The fourth-order valence-corrected chi connectivity index (χ4v) is 5.71. The van der Waals surface area contributed by atoms with Gasteiger partial charge in [0.05, 0.1) is 18.8 Å². The number of carbonyl (C=O) groups excluding carboxylic acids is 1. The molecule has 0 aliphatic heterocycles. The maximum absolute atomic E-state index is 12.4. The summed E-state index contributed by atoms with van der Waals surface area (Å²) in [5, 5.41) is 32.9. The zero-order valence-corrected chi connectivity index (χ0v) is 29.3. The van der Waals surface area contributed by atoms with Gasteiger partial charge in [0.2, 0.25) is 5.91 Å². The van der Waals surface area contributed by atoms with Gasteiger partial charge in [-0.25, -0.2) is 0 Å². The Morgan fingerprint density at radius 2 is 0.909 bits per heavy atom. The number of hydrogen-bond acceptors (Lipinski definition) is 4. The lowest BCUT2D eigenvalue weighted by atomic mass is 10.0. The van der Waals surface area contributed by atoms with E-state index in [4.69, 9.17) is 0 Å². The molecule has 0 fully saturated rings. The first-order valence-electron chi connectivity index (χ1n) is 19.2. The van der Waals surface area contributed by atoms with Crippen LogP contribution in [-0.4, -0.2) is 46.1 Å². The van der Waals surface area contributed by atoms with E-state index in [0.29, 0.717) is 6.42 Å². The van der Waals surface area contributed by atoms with Crippen LogP contribution in [0.2, 0.25) is 0 Å². The third-order valence-corrected chi connectivity index (χ3v) is 8.79. The molecule has 0 saturated carbocycles. The number of carbonyl (C=O) groups is 1. The third-order valence-electron chi connectivity index (χ3n) is 8.79. The number of nitrogens with one attached hydrogen (secondary N) is 1. The van der Waals surface area contributed by atoms with Gasteiger partial charge in [-0.1, -0.05) is 173 Å². The Hall–Kier alpha value is -1.17. The number of rotatable bonds is 34. The molecule has 0 aromatic rings. The van der Waals surface area contributed by atoms with E-state index < -0.39 is 24.2 Å². The number of aliphatic hydroxyl groups excluding tert-OH is 3. The first-order valence-corrected chi connectivity index (χ1v) is 19.2. The van der Waals surface area contributed by atoms with Gasteiger partial charge in [0.1, 0.15) is 6.10 Å². The molecule has 0 aliphatic rings. The molecule has 260 valence electrons. The Bertz CT molecular complexity index is 650. The van der Waals surface area contributed by atoms with Crippen molar-refractivity contribution in [3.05, 3.63) is 24.3 Å². The Kier molecular flexibility index (Phi) is 33.8. The van der Waals surface area contributed by atoms with Crippen molar-refractivity contribution in [1.29, 1.82) is 0 Å². The summed E-state index contributed by atoms with van der Waals surface area (Å²) >= 11 is 0. The molecule has 3 unspecified atom stereocenters. The summed E-state index contributed by atoms with van der Waals surface area (Å²) < 4.78 is 0. The van der Waals surface area contributed by atoms with Crippen molar-refractivity contribution in [3.63, 3.8) is 0 Å². The van der Waals surface area contributed by atoms with E-state index in [1.54, 1.807) is 6.08 Å². The fourth-order valence-electron chi connectivity index (χ4n) is 5.71. The maximum atomic E-state index is 12.4. The van der Waals surface area contributed by atoms with Crippen molar-refractivity contribution in [3.8, 4) is 0 Å². The number of hydrogen-bond donors (Lipinski definition) is 4. The molecule has 0 radical (unpaired) electrons. The average Bonchev–Trinajstić information content (AvgIpc) is 3.03. The molecular formula is C39H75NO4. The highest BCUT2D eigenvalue weighted by Crippen LogP contribution is 2.15. The van der Waals surface area contributed by atoms with Gasteiger partial charge in [-0.05, 0) is 44.9 Å². The molecule has 1 amide bonds. The monoisotopic (exact) mass is 622 g/mol. The summed E-state index contributed by atoms with van der Waals surface area (Å²) in [5.74, 6) is -0.514. The second-order valence-electron chi connectivity index (χ2n) is 13.1. The van der Waals surface area contributed by atoms with Crippen LogP contribution in [0.5, 0.6) is 0 Å². The standard InChI is InChI=1S/C39H75NO4/c1-3-5-7-9-11-13-15-16-17-18-19-20-21-22-24-25-27-29-31-33-37(42)36(35-41)40-39(44)38(43)34-32-30-28-26-23-14-12-10-8-6-4-2/h12,14,31,33,36-38,41-43H,3-11,13,15-30,32,34-35H2,1-2H3,(H,40,44)/b14-12-,33-31+. The van der Waals surface area contributed by atoms with Crippen LogP contribution in [0, 0.1) is 0 Å². The van der Waals surface area contributed by atoms with E-state index in [2.05, 4.69) is 31.3 Å². The topological polar surface area (TPSA) is 89.8 Å². The predicted molar refractivity (Wildman–Crippen MR) is 190 cm³/mol. The van der Waals surface area contributed by atoms with Gasteiger partial charge in [-0.2, -0.15) is 0 Å². The van der Waals surface area contributed by atoms with Crippen molar-refractivity contribution in [1.82, 2.24) is 5.32 Å². The minimum absolute atomic E-state index is 0.366. The summed E-state index contributed by atoms with van der Waals surface area (Å²) in [6, 6.07) is -0.798. The Morgan fingerprint density at radius 1 is 0.545 bits per heavy atom. The summed E-state index contributed by atoms with van der Waals surface area (Å²) in [5.41, 5.74) is 0. The molecular weight excluding hydrogens is 546 g/mol. The molecule has 5 heteroatoms. The number of aliphatic hydroxyl groups is 3. The molecule has 4 N–H and O–H groups in total. The molecule has 0 aromatic carbocycles. The molecule has 5 nitrogen and oxygen atoms in total. The minimum atomic E-state index is -1.10. The summed E-state index contributed by atoms with van der Waals surface area (Å²) in [6.07, 6.45) is 40.6. The van der Waals surface area contributed by atoms with E-state index in [-0.39, 0.29) is 6.61 Å². The molecule has 0 aliphatic carbocycles. The minimum Gasteiger partial charge on any atom is -0.394 e. The second kappa shape index (κ2) is 34.7. The first-order chi connectivity index (χ1) is 21.6. The molecule has 0 aromatic heterocycles. The van der Waals surface area contributed by atoms with Gasteiger partial charge in [-0.3, -0.25) is 4.79 Å². The van der Waals surface area contributed by atoms with Gasteiger partial charge in [0, 0.05) is 0 Å². The lowest BCUT2D eigenvalue weighted by molar-refractivity contribution is -0.131. The number of amides is 1. The van der Waals surface area contributed by atoms with Gasteiger partial charge in [-0.15, -0.1) is 0 Å². The molecule has 0 rings (SSSR count). The van der Waals surface area contributed by atoms with E-state index in [1.807, 2.05) is 6.08 Å². The van der Waals surface area contributed by atoms with Crippen LogP contribution in [0.1, 0.15) is 194 Å². The van der Waals surface area contributed by atoms with Gasteiger partial charge in [0.25, 0.3) is 0 Å². The smallest absolute Gasteiger partial charge is 0.249 e. The quantitative estimate of drug-likeness (QED) is 0.0425. The van der Waals surface area contributed by atoms with Crippen LogP contribution in [0.4, 0.5) is 0 Å². The number of unbranched alkanes of at least 4 members (excludes halogenated alkanes) is 24. The zero-order chi connectivity index (χ0) is 32.4. The highest BCUT2D eigenvalue weighted by molar-refractivity contribution is 5.80. The largest absolute Gasteiger partial charge is 0.394 e. The summed E-state index contributed by atoms with van der Waals surface area (Å²) in [4.78, 5) is 12.4. The molecule has 0 saturated heterocycles. The van der Waals surface area contributed by atoms with Gasteiger partial charge >= 0.3 is 0 Å². The van der Waals surface area contributed by atoms with E-state index >= 15 is 0 Å².